The zero-order chi connectivity index (χ0) is 24.0. The summed E-state index contributed by atoms with van der Waals surface area (Å²) in [6, 6.07) is 15.0. The lowest BCUT2D eigenvalue weighted by atomic mass is 9.87. The summed E-state index contributed by atoms with van der Waals surface area (Å²) in [4.78, 5) is 37.7. The Balaban J connectivity index is 1.66. The predicted octanol–water partition coefficient (Wildman–Crippen LogP) is 3.90. The maximum atomic E-state index is 11.7. The highest BCUT2D eigenvalue weighted by Gasteiger charge is 2.19. The minimum absolute atomic E-state index is 0.0690. The predicted molar refractivity (Wildman–Crippen MR) is 126 cm³/mol. The van der Waals surface area contributed by atoms with Crippen LogP contribution in [0.25, 0.3) is 12.2 Å². The Hall–Kier alpha value is -4.14. The van der Waals surface area contributed by atoms with Crippen LogP contribution in [0.5, 0.6) is 11.5 Å². The van der Waals surface area contributed by atoms with Gasteiger partial charge in [0.1, 0.15) is 30.4 Å². The molecule has 3 rings (SSSR count). The third-order valence-electron chi connectivity index (χ3n) is 4.81. The van der Waals surface area contributed by atoms with Gasteiger partial charge in [-0.3, -0.25) is 19.9 Å². The molecule has 172 valence electrons. The second-order valence-electron chi connectivity index (χ2n) is 8.27. The largest absolute Gasteiger partial charge is 0.490 e. The van der Waals surface area contributed by atoms with E-state index in [0.29, 0.717) is 17.9 Å². The summed E-state index contributed by atoms with van der Waals surface area (Å²) in [7, 11) is 0. The van der Waals surface area contributed by atoms with Crippen molar-refractivity contribution < 1.29 is 14.4 Å². The van der Waals surface area contributed by atoms with Crippen molar-refractivity contribution in [2.45, 2.75) is 26.2 Å². The van der Waals surface area contributed by atoms with Crippen LogP contribution in [-0.2, 0) is 5.41 Å². The molecule has 3 aromatic rings. The molecule has 9 nitrogen and oxygen atoms in total. The number of benzene rings is 2. The van der Waals surface area contributed by atoms with E-state index in [1.54, 1.807) is 24.3 Å². The van der Waals surface area contributed by atoms with Crippen molar-refractivity contribution >= 4 is 17.8 Å². The standard InChI is InChI=1S/C24H25N3O6/c1-24(2,3)17-9-11-18(12-10-17)32-14-15-33-20-7-5-4-6-16(20)8-13-19-21(27(30)31)22(28)26-23(29)25-19/h4-13H,14-15H2,1-3H3,(H2,25,26,28,29). The Morgan fingerprint density at radius 3 is 2.27 bits per heavy atom. The van der Waals surface area contributed by atoms with Crippen molar-refractivity contribution in [3.63, 3.8) is 0 Å². The topological polar surface area (TPSA) is 127 Å². The monoisotopic (exact) mass is 451 g/mol. The van der Waals surface area contributed by atoms with Gasteiger partial charge in [0.05, 0.1) is 4.92 Å². The molecule has 1 heterocycles. The number of ether oxygens (including phenoxy) is 2. The number of nitrogens with one attached hydrogen (secondary N) is 2. The molecule has 0 aliphatic carbocycles. The maximum absolute atomic E-state index is 11.7. The second-order valence-corrected chi connectivity index (χ2v) is 8.27. The summed E-state index contributed by atoms with van der Waals surface area (Å²) < 4.78 is 11.5. The molecule has 0 radical (unpaired) electrons. The number of nitro groups is 1. The number of H-pyrrole nitrogens is 2. The molecule has 33 heavy (non-hydrogen) atoms. The first-order valence-corrected chi connectivity index (χ1v) is 10.3. The first kappa shape index (κ1) is 23.5. The van der Waals surface area contributed by atoms with E-state index in [4.69, 9.17) is 9.47 Å². The van der Waals surface area contributed by atoms with Crippen molar-refractivity contribution in [2.24, 2.45) is 0 Å². The zero-order valence-electron chi connectivity index (χ0n) is 18.6. The van der Waals surface area contributed by atoms with E-state index in [1.807, 2.05) is 29.2 Å². The zero-order valence-corrected chi connectivity index (χ0v) is 18.6. The second kappa shape index (κ2) is 9.99. The van der Waals surface area contributed by atoms with Gasteiger partial charge in [-0.2, -0.15) is 0 Å². The van der Waals surface area contributed by atoms with Gasteiger partial charge in [-0.15, -0.1) is 0 Å². The van der Waals surface area contributed by atoms with Crippen molar-refractivity contribution in [1.82, 2.24) is 9.97 Å². The van der Waals surface area contributed by atoms with E-state index < -0.39 is 21.9 Å². The third kappa shape index (κ3) is 6.19. The Kier molecular flexibility index (Phi) is 7.12. The smallest absolute Gasteiger partial charge is 0.357 e. The molecule has 0 unspecified atom stereocenters. The SMILES string of the molecule is CC(C)(C)c1ccc(OCCOc2ccccc2C=Cc2[nH]c(=O)[nH]c(=O)c2[N+](=O)[O-])cc1. The van der Waals surface area contributed by atoms with Crippen LogP contribution in [0, 0.1) is 10.1 Å². The van der Waals surface area contributed by atoms with Crippen molar-refractivity contribution in [1.29, 1.82) is 0 Å². The van der Waals surface area contributed by atoms with E-state index in [9.17, 15) is 19.7 Å². The summed E-state index contributed by atoms with van der Waals surface area (Å²) >= 11 is 0. The highest BCUT2D eigenvalue weighted by atomic mass is 16.6. The van der Waals surface area contributed by atoms with Gasteiger partial charge in [-0.05, 0) is 41.3 Å². The van der Waals surface area contributed by atoms with Crippen molar-refractivity contribution in [3.8, 4) is 11.5 Å². The number of aromatic nitrogens is 2. The van der Waals surface area contributed by atoms with Crippen LogP contribution in [0.2, 0.25) is 0 Å². The van der Waals surface area contributed by atoms with E-state index in [-0.39, 0.29) is 17.7 Å². The van der Waals surface area contributed by atoms with Crippen LogP contribution < -0.4 is 20.7 Å². The summed E-state index contributed by atoms with van der Waals surface area (Å²) in [5, 5.41) is 11.2. The molecule has 0 saturated carbocycles. The first-order valence-electron chi connectivity index (χ1n) is 10.3. The van der Waals surface area contributed by atoms with E-state index in [0.717, 1.165) is 5.75 Å². The number of hydrogen-bond donors (Lipinski definition) is 2. The Morgan fingerprint density at radius 1 is 0.939 bits per heavy atom. The molecular weight excluding hydrogens is 426 g/mol. The lowest BCUT2D eigenvalue weighted by Gasteiger charge is -2.19. The lowest BCUT2D eigenvalue weighted by molar-refractivity contribution is -0.386. The molecule has 0 bridgehead atoms. The molecule has 2 aromatic carbocycles. The maximum Gasteiger partial charge on any atom is 0.357 e. The summed E-state index contributed by atoms with van der Waals surface area (Å²) in [5.74, 6) is 1.26. The molecule has 9 heteroatoms. The number of nitrogens with zero attached hydrogens (tertiary/aromatic N) is 1. The quantitative estimate of drug-likeness (QED) is 0.304. The average molecular weight is 451 g/mol. The lowest BCUT2D eigenvalue weighted by Crippen LogP contribution is -2.25. The number of para-hydroxylation sites is 1. The Morgan fingerprint density at radius 2 is 1.61 bits per heavy atom. The van der Waals surface area contributed by atoms with Gasteiger partial charge in [-0.1, -0.05) is 51.1 Å². The van der Waals surface area contributed by atoms with Crippen molar-refractivity contribution in [3.05, 3.63) is 96.3 Å². The molecule has 0 amide bonds. The van der Waals surface area contributed by atoms with Gasteiger partial charge in [-0.25, -0.2) is 4.79 Å². The highest BCUT2D eigenvalue weighted by molar-refractivity contribution is 5.74. The number of aromatic amines is 2. The van der Waals surface area contributed by atoms with E-state index in [1.165, 1.54) is 17.7 Å². The Bertz CT molecular complexity index is 1270. The average Bonchev–Trinajstić information content (AvgIpc) is 2.75. The van der Waals surface area contributed by atoms with Gasteiger partial charge in [0.15, 0.2) is 0 Å². The molecule has 2 N–H and O–H groups in total. The Labute approximate surface area is 189 Å². The summed E-state index contributed by atoms with van der Waals surface area (Å²) in [5.41, 5.74) is -0.945. The third-order valence-corrected chi connectivity index (χ3v) is 4.81. The first-order chi connectivity index (χ1) is 15.6. The molecule has 0 aliphatic rings. The molecule has 0 saturated heterocycles. The highest BCUT2D eigenvalue weighted by Crippen LogP contribution is 2.25. The fourth-order valence-corrected chi connectivity index (χ4v) is 3.08. The fraction of sp³-hybridized carbons (Fsp3) is 0.250. The van der Waals surface area contributed by atoms with Crippen molar-refractivity contribution in [2.75, 3.05) is 13.2 Å². The molecule has 1 aromatic heterocycles. The summed E-state index contributed by atoms with van der Waals surface area (Å²) in [6.07, 6.45) is 2.82. The van der Waals surface area contributed by atoms with Crippen LogP contribution in [0.3, 0.4) is 0 Å². The van der Waals surface area contributed by atoms with Crippen LogP contribution in [0.15, 0.2) is 58.1 Å². The van der Waals surface area contributed by atoms with Gasteiger partial charge in [0, 0.05) is 5.56 Å². The molecule has 0 atom stereocenters. The number of rotatable bonds is 8. The molecule has 0 spiro atoms. The van der Waals surface area contributed by atoms with E-state index in [2.05, 4.69) is 25.8 Å². The summed E-state index contributed by atoms with van der Waals surface area (Å²) in [6.45, 7) is 7.03. The molecule has 0 fully saturated rings. The fourth-order valence-electron chi connectivity index (χ4n) is 3.08. The van der Waals surface area contributed by atoms with Gasteiger partial charge >= 0.3 is 16.9 Å². The van der Waals surface area contributed by atoms with Crippen LogP contribution in [0.1, 0.15) is 37.6 Å². The number of hydrogen-bond acceptors (Lipinski definition) is 6. The molecule has 0 aliphatic heterocycles. The normalized spacial score (nSPS) is 11.5. The minimum atomic E-state index is -1.07. The van der Waals surface area contributed by atoms with Crippen LogP contribution in [-0.4, -0.2) is 28.1 Å². The van der Waals surface area contributed by atoms with Gasteiger partial charge in [0.2, 0.25) is 0 Å². The molecular formula is C24H25N3O6. The van der Waals surface area contributed by atoms with Gasteiger partial charge in [0.25, 0.3) is 0 Å². The van der Waals surface area contributed by atoms with Crippen LogP contribution in [0.4, 0.5) is 5.69 Å². The van der Waals surface area contributed by atoms with Gasteiger partial charge < -0.3 is 14.5 Å². The van der Waals surface area contributed by atoms with Crippen LogP contribution >= 0.6 is 0 Å². The minimum Gasteiger partial charge on any atom is -0.490 e. The van der Waals surface area contributed by atoms with E-state index >= 15 is 0 Å².